The molecule has 0 radical (unpaired) electrons. The van der Waals surface area contributed by atoms with Gasteiger partial charge in [0.25, 0.3) is 0 Å². The summed E-state index contributed by atoms with van der Waals surface area (Å²) >= 11 is 3.52. The van der Waals surface area contributed by atoms with E-state index in [-0.39, 0.29) is 11.8 Å². The van der Waals surface area contributed by atoms with Gasteiger partial charge in [-0.05, 0) is 19.9 Å². The average molecular weight is 256 g/mol. The van der Waals surface area contributed by atoms with Crippen molar-refractivity contribution in [2.24, 2.45) is 0 Å². The summed E-state index contributed by atoms with van der Waals surface area (Å²) in [6.45, 7) is 5.03. The van der Waals surface area contributed by atoms with Crippen LogP contribution in [-0.4, -0.2) is 12.1 Å². The van der Waals surface area contributed by atoms with Crippen molar-refractivity contribution in [3.63, 3.8) is 0 Å². The molecule has 1 saturated heterocycles. The molecule has 0 spiro atoms. The molecule has 14 heavy (non-hydrogen) atoms. The summed E-state index contributed by atoms with van der Waals surface area (Å²) in [5, 5.41) is 3.44. The van der Waals surface area contributed by atoms with Gasteiger partial charge in [-0.3, -0.25) is 5.32 Å². The molecule has 1 aromatic carbocycles. The quantitative estimate of drug-likeness (QED) is 0.834. The zero-order chi connectivity index (χ0) is 10.2. The fourth-order valence-electron chi connectivity index (χ4n) is 1.59. The summed E-state index contributed by atoms with van der Waals surface area (Å²) in [5.41, 5.74) is 1.23. The van der Waals surface area contributed by atoms with Crippen molar-refractivity contribution in [2.75, 3.05) is 6.61 Å². The van der Waals surface area contributed by atoms with Gasteiger partial charge in [0.05, 0.1) is 6.61 Å². The molecule has 0 aliphatic carbocycles. The van der Waals surface area contributed by atoms with Crippen molar-refractivity contribution < 1.29 is 4.74 Å². The second-order valence-electron chi connectivity index (χ2n) is 4.24. The minimum Gasteiger partial charge on any atom is -0.357 e. The van der Waals surface area contributed by atoms with E-state index in [4.69, 9.17) is 4.74 Å². The molecule has 76 valence electrons. The molecule has 2 rings (SSSR count). The molecule has 0 bridgehead atoms. The Morgan fingerprint density at radius 1 is 1.43 bits per heavy atom. The minimum absolute atomic E-state index is 0.0144. The van der Waals surface area contributed by atoms with Gasteiger partial charge in [-0.2, -0.15) is 0 Å². The first kappa shape index (κ1) is 10.1. The van der Waals surface area contributed by atoms with Gasteiger partial charge in [0.1, 0.15) is 6.23 Å². The van der Waals surface area contributed by atoms with Crippen molar-refractivity contribution in [3.8, 4) is 0 Å². The van der Waals surface area contributed by atoms with Gasteiger partial charge >= 0.3 is 0 Å². The summed E-state index contributed by atoms with van der Waals surface area (Å²) in [7, 11) is 0. The van der Waals surface area contributed by atoms with Crippen LogP contribution in [0, 0.1) is 0 Å². The van der Waals surface area contributed by atoms with Crippen LogP contribution in [0.4, 0.5) is 0 Å². The van der Waals surface area contributed by atoms with E-state index in [1.165, 1.54) is 0 Å². The predicted octanol–water partition coefficient (Wildman–Crippen LogP) is 2.85. The molecule has 1 unspecified atom stereocenters. The molecular formula is C11H14BrNO. The first-order valence-electron chi connectivity index (χ1n) is 4.72. The number of hydrogen-bond acceptors (Lipinski definition) is 2. The third-order valence-electron chi connectivity index (χ3n) is 2.32. The lowest BCUT2D eigenvalue weighted by atomic mass is 10.1. The van der Waals surface area contributed by atoms with Gasteiger partial charge in [-0.25, -0.2) is 0 Å². The van der Waals surface area contributed by atoms with Crippen LogP contribution < -0.4 is 5.32 Å². The van der Waals surface area contributed by atoms with Crippen molar-refractivity contribution in [1.82, 2.24) is 5.32 Å². The normalized spacial score (nSPS) is 25.2. The number of rotatable bonds is 1. The highest BCUT2D eigenvalue weighted by Gasteiger charge is 2.32. The number of hydrogen-bond donors (Lipinski definition) is 1. The Morgan fingerprint density at radius 3 is 2.71 bits per heavy atom. The Labute approximate surface area is 92.8 Å². The van der Waals surface area contributed by atoms with E-state index < -0.39 is 0 Å². The van der Waals surface area contributed by atoms with E-state index in [1.54, 1.807) is 0 Å². The molecule has 1 fully saturated rings. The topological polar surface area (TPSA) is 21.3 Å². The van der Waals surface area contributed by atoms with Crippen LogP contribution in [0.25, 0.3) is 0 Å². The molecule has 1 aliphatic rings. The minimum atomic E-state index is 0.0144. The van der Waals surface area contributed by atoms with Gasteiger partial charge in [-0.1, -0.05) is 34.1 Å². The molecule has 1 heterocycles. The Balaban J connectivity index is 2.22. The first-order valence-corrected chi connectivity index (χ1v) is 5.51. The fourth-order valence-corrected chi connectivity index (χ4v) is 2.08. The maximum absolute atomic E-state index is 5.69. The Morgan fingerprint density at radius 2 is 2.14 bits per heavy atom. The molecule has 3 heteroatoms. The van der Waals surface area contributed by atoms with Gasteiger partial charge in [0, 0.05) is 15.6 Å². The van der Waals surface area contributed by atoms with Gasteiger partial charge in [0.2, 0.25) is 0 Å². The fraction of sp³-hybridized carbons (Fsp3) is 0.455. The molecule has 2 nitrogen and oxygen atoms in total. The molecule has 1 aromatic rings. The highest BCUT2D eigenvalue weighted by molar-refractivity contribution is 9.10. The number of nitrogens with one attached hydrogen (secondary N) is 1. The molecule has 0 amide bonds. The van der Waals surface area contributed by atoms with Crippen LogP contribution in [-0.2, 0) is 4.74 Å². The Bertz CT molecular complexity index is 338. The van der Waals surface area contributed by atoms with Gasteiger partial charge in [0.15, 0.2) is 0 Å². The third-order valence-corrected chi connectivity index (χ3v) is 3.04. The number of benzene rings is 1. The van der Waals surface area contributed by atoms with E-state index in [0.717, 1.165) is 16.6 Å². The van der Waals surface area contributed by atoms with Gasteiger partial charge < -0.3 is 4.74 Å². The summed E-state index contributed by atoms with van der Waals surface area (Å²) in [6.07, 6.45) is 0.0144. The molecule has 1 atom stereocenters. The lowest BCUT2D eigenvalue weighted by Gasteiger charge is -2.17. The zero-order valence-corrected chi connectivity index (χ0v) is 9.97. The van der Waals surface area contributed by atoms with Crippen LogP contribution in [0.3, 0.4) is 0 Å². The monoisotopic (exact) mass is 255 g/mol. The Hall–Kier alpha value is -0.380. The molecule has 0 saturated carbocycles. The lowest BCUT2D eigenvalue weighted by Crippen LogP contribution is -2.35. The molecular weight excluding hydrogens is 242 g/mol. The summed E-state index contributed by atoms with van der Waals surface area (Å²) in [6, 6.07) is 8.14. The van der Waals surface area contributed by atoms with E-state index in [9.17, 15) is 0 Å². The van der Waals surface area contributed by atoms with E-state index in [1.807, 2.05) is 18.2 Å². The van der Waals surface area contributed by atoms with E-state index in [2.05, 4.69) is 41.2 Å². The lowest BCUT2D eigenvalue weighted by molar-refractivity contribution is 0.0984. The standard InChI is InChI=1S/C11H14BrNO/c1-11(2)7-14-10(13-11)8-5-3-4-6-9(8)12/h3-6,10,13H,7H2,1-2H3. The van der Waals surface area contributed by atoms with Gasteiger partial charge in [-0.15, -0.1) is 0 Å². The van der Waals surface area contributed by atoms with Crippen molar-refractivity contribution in [2.45, 2.75) is 25.6 Å². The smallest absolute Gasteiger partial charge is 0.135 e. The average Bonchev–Trinajstić information content (AvgIpc) is 2.47. The van der Waals surface area contributed by atoms with Crippen LogP contribution in [0.15, 0.2) is 28.7 Å². The second kappa shape index (κ2) is 3.65. The number of ether oxygens (including phenoxy) is 1. The highest BCUT2D eigenvalue weighted by Crippen LogP contribution is 2.30. The Kier molecular flexibility index (Phi) is 2.64. The van der Waals surface area contributed by atoms with E-state index >= 15 is 0 Å². The maximum Gasteiger partial charge on any atom is 0.135 e. The van der Waals surface area contributed by atoms with Crippen LogP contribution >= 0.6 is 15.9 Å². The van der Waals surface area contributed by atoms with Crippen molar-refractivity contribution >= 4 is 15.9 Å². The van der Waals surface area contributed by atoms with Crippen molar-refractivity contribution in [1.29, 1.82) is 0 Å². The maximum atomic E-state index is 5.69. The second-order valence-corrected chi connectivity index (χ2v) is 5.10. The SMILES string of the molecule is CC1(C)COC(c2ccccc2Br)N1. The number of halogens is 1. The zero-order valence-electron chi connectivity index (χ0n) is 8.38. The first-order chi connectivity index (χ1) is 6.58. The molecule has 0 aromatic heterocycles. The van der Waals surface area contributed by atoms with Crippen molar-refractivity contribution in [3.05, 3.63) is 34.3 Å². The largest absolute Gasteiger partial charge is 0.357 e. The summed E-state index contributed by atoms with van der Waals surface area (Å²) in [4.78, 5) is 0. The van der Waals surface area contributed by atoms with Crippen LogP contribution in [0.1, 0.15) is 25.6 Å². The third kappa shape index (κ3) is 2.00. The summed E-state index contributed by atoms with van der Waals surface area (Å²) in [5.74, 6) is 0. The van der Waals surface area contributed by atoms with E-state index in [0.29, 0.717) is 0 Å². The summed E-state index contributed by atoms with van der Waals surface area (Å²) < 4.78 is 6.79. The molecule has 1 aliphatic heterocycles. The highest BCUT2D eigenvalue weighted by atomic mass is 79.9. The van der Waals surface area contributed by atoms with Crippen LogP contribution in [0.2, 0.25) is 0 Å². The van der Waals surface area contributed by atoms with Crippen LogP contribution in [0.5, 0.6) is 0 Å². The predicted molar refractivity (Wildman–Crippen MR) is 60.0 cm³/mol. The molecule has 1 N–H and O–H groups in total.